The maximum atomic E-state index is 12.4. The van der Waals surface area contributed by atoms with Crippen LogP contribution in [0.2, 0.25) is 0 Å². The van der Waals surface area contributed by atoms with E-state index in [1.54, 1.807) is 0 Å². The third-order valence-corrected chi connectivity index (χ3v) is 4.43. The summed E-state index contributed by atoms with van der Waals surface area (Å²) < 4.78 is 63.2. The number of halogens is 3. The summed E-state index contributed by atoms with van der Waals surface area (Å²) in [4.78, 5) is 0. The van der Waals surface area contributed by atoms with Crippen LogP contribution < -0.4 is 10.0 Å². The molecule has 1 rings (SSSR count). The second kappa shape index (κ2) is 6.45. The maximum Gasteiger partial charge on any atom is 0.416 e. The number of alkyl halides is 3. The smallest absolute Gasteiger partial charge is 0.316 e. The number of sulfonamides is 1. The van der Waals surface area contributed by atoms with Crippen LogP contribution in [-0.4, -0.2) is 26.8 Å². The van der Waals surface area contributed by atoms with Crippen molar-refractivity contribution in [2.24, 2.45) is 0 Å². The number of hydrogen-bond acceptors (Lipinski definition) is 3. The third-order valence-electron chi connectivity index (χ3n) is 2.68. The number of hydrogen-bond donors (Lipinski definition) is 2. The number of rotatable bonds is 6. The minimum Gasteiger partial charge on any atom is -0.316 e. The van der Waals surface area contributed by atoms with E-state index in [4.69, 9.17) is 0 Å². The van der Waals surface area contributed by atoms with Gasteiger partial charge in [-0.1, -0.05) is 6.92 Å². The molecule has 0 amide bonds. The molecule has 0 aliphatic rings. The van der Waals surface area contributed by atoms with Crippen molar-refractivity contribution in [1.29, 1.82) is 0 Å². The monoisotopic (exact) mass is 310 g/mol. The second-order valence-electron chi connectivity index (χ2n) is 4.34. The van der Waals surface area contributed by atoms with E-state index in [1.165, 1.54) is 6.92 Å². The molecule has 0 spiro atoms. The molecule has 0 heterocycles. The summed E-state index contributed by atoms with van der Waals surface area (Å²) in [6.07, 6.45) is -4.43. The van der Waals surface area contributed by atoms with Crippen LogP contribution in [0.25, 0.3) is 0 Å². The fraction of sp³-hybridized carbons (Fsp3) is 0.500. The molecule has 0 saturated carbocycles. The topological polar surface area (TPSA) is 58.2 Å². The highest BCUT2D eigenvalue weighted by atomic mass is 32.2. The molecule has 0 aliphatic heterocycles. The fourth-order valence-corrected chi connectivity index (χ4v) is 2.45. The van der Waals surface area contributed by atoms with Gasteiger partial charge in [-0.25, -0.2) is 8.42 Å². The van der Waals surface area contributed by atoms with Gasteiger partial charge < -0.3 is 5.32 Å². The van der Waals surface area contributed by atoms with Crippen LogP contribution >= 0.6 is 0 Å². The molecule has 0 fully saturated rings. The molecule has 0 radical (unpaired) electrons. The van der Waals surface area contributed by atoms with Gasteiger partial charge in [0.15, 0.2) is 0 Å². The standard InChI is InChI=1S/C12H17F3N2O2S/c1-3-16-8-9(2)20(18,19)17-11-6-4-10(5-7-11)12(13,14)15/h4-7,9,16-17H,3,8H2,1-2H3. The maximum absolute atomic E-state index is 12.4. The van der Waals surface area contributed by atoms with Crippen molar-refractivity contribution in [1.82, 2.24) is 5.32 Å². The Labute approximate surface area is 116 Å². The van der Waals surface area contributed by atoms with E-state index in [0.29, 0.717) is 6.54 Å². The molecule has 20 heavy (non-hydrogen) atoms. The molecular formula is C12H17F3N2O2S. The molecule has 1 unspecified atom stereocenters. The van der Waals surface area contributed by atoms with E-state index in [9.17, 15) is 21.6 Å². The fourth-order valence-electron chi connectivity index (χ4n) is 1.45. The first kappa shape index (κ1) is 16.8. The van der Waals surface area contributed by atoms with Crippen molar-refractivity contribution in [3.05, 3.63) is 29.8 Å². The van der Waals surface area contributed by atoms with E-state index in [1.807, 2.05) is 6.92 Å². The normalized spacial score (nSPS) is 14.1. The lowest BCUT2D eigenvalue weighted by Gasteiger charge is -2.15. The van der Waals surface area contributed by atoms with Crippen LogP contribution in [0.1, 0.15) is 19.4 Å². The molecule has 8 heteroatoms. The summed E-state index contributed by atoms with van der Waals surface area (Å²) in [7, 11) is -3.63. The average molecular weight is 310 g/mol. The predicted molar refractivity (Wildman–Crippen MR) is 72.0 cm³/mol. The molecular weight excluding hydrogens is 293 g/mol. The van der Waals surface area contributed by atoms with E-state index in [-0.39, 0.29) is 12.2 Å². The zero-order valence-corrected chi connectivity index (χ0v) is 12.0. The van der Waals surface area contributed by atoms with Gasteiger partial charge in [0.2, 0.25) is 10.0 Å². The molecule has 4 nitrogen and oxygen atoms in total. The Morgan fingerprint density at radius 2 is 1.75 bits per heavy atom. The van der Waals surface area contributed by atoms with Crippen LogP contribution in [0.5, 0.6) is 0 Å². The first-order valence-electron chi connectivity index (χ1n) is 6.06. The van der Waals surface area contributed by atoms with Gasteiger partial charge in [-0.3, -0.25) is 4.72 Å². The Morgan fingerprint density at radius 1 is 1.20 bits per heavy atom. The number of benzene rings is 1. The molecule has 0 aliphatic carbocycles. The van der Waals surface area contributed by atoms with E-state index >= 15 is 0 Å². The van der Waals surface area contributed by atoms with Gasteiger partial charge in [-0.05, 0) is 37.7 Å². The molecule has 114 valence electrons. The minimum absolute atomic E-state index is 0.112. The molecule has 1 aromatic carbocycles. The zero-order chi connectivity index (χ0) is 15.4. The first-order chi connectivity index (χ1) is 9.16. The van der Waals surface area contributed by atoms with Gasteiger partial charge in [0.25, 0.3) is 0 Å². The molecule has 1 aromatic rings. The number of nitrogens with one attached hydrogen (secondary N) is 2. The summed E-state index contributed by atoms with van der Waals surface area (Å²) in [6, 6.07) is 3.88. The Morgan fingerprint density at radius 3 is 2.20 bits per heavy atom. The summed E-state index contributed by atoms with van der Waals surface area (Å²) in [5.74, 6) is 0. The molecule has 0 saturated heterocycles. The summed E-state index contributed by atoms with van der Waals surface area (Å²) >= 11 is 0. The molecule has 0 aromatic heterocycles. The van der Waals surface area contributed by atoms with Crippen molar-refractivity contribution in [3.63, 3.8) is 0 Å². The highest BCUT2D eigenvalue weighted by Crippen LogP contribution is 2.30. The highest BCUT2D eigenvalue weighted by molar-refractivity contribution is 7.93. The minimum atomic E-state index is -4.43. The lowest BCUT2D eigenvalue weighted by molar-refractivity contribution is -0.137. The van der Waals surface area contributed by atoms with Crippen LogP contribution in [-0.2, 0) is 16.2 Å². The molecule has 2 N–H and O–H groups in total. The number of anilines is 1. The van der Waals surface area contributed by atoms with Crippen LogP contribution in [0, 0.1) is 0 Å². The first-order valence-corrected chi connectivity index (χ1v) is 7.61. The van der Waals surface area contributed by atoms with Gasteiger partial charge in [-0.2, -0.15) is 13.2 Å². The van der Waals surface area contributed by atoms with E-state index in [0.717, 1.165) is 24.3 Å². The Hall–Kier alpha value is -1.28. The van der Waals surface area contributed by atoms with Crippen molar-refractivity contribution in [3.8, 4) is 0 Å². The van der Waals surface area contributed by atoms with E-state index in [2.05, 4.69) is 10.0 Å². The van der Waals surface area contributed by atoms with Crippen LogP contribution in [0.3, 0.4) is 0 Å². The third kappa shape index (κ3) is 4.68. The summed E-state index contributed by atoms with van der Waals surface area (Å²) in [5.41, 5.74) is -0.706. The Bertz CT molecular complexity index is 527. The second-order valence-corrected chi connectivity index (χ2v) is 6.44. The van der Waals surface area contributed by atoms with Crippen molar-refractivity contribution >= 4 is 15.7 Å². The SMILES string of the molecule is CCNCC(C)S(=O)(=O)Nc1ccc(C(F)(F)F)cc1. The molecule has 0 bridgehead atoms. The van der Waals surface area contributed by atoms with Gasteiger partial charge >= 0.3 is 6.18 Å². The zero-order valence-electron chi connectivity index (χ0n) is 11.2. The Kier molecular flexibility index (Phi) is 5.41. The average Bonchev–Trinajstić information content (AvgIpc) is 2.34. The van der Waals surface area contributed by atoms with Gasteiger partial charge in [0, 0.05) is 12.2 Å². The summed E-state index contributed by atoms with van der Waals surface area (Å²) in [5, 5.41) is 2.21. The van der Waals surface area contributed by atoms with Crippen molar-refractivity contribution < 1.29 is 21.6 Å². The Balaban J connectivity index is 2.78. The van der Waals surface area contributed by atoms with Crippen LogP contribution in [0.15, 0.2) is 24.3 Å². The lowest BCUT2D eigenvalue weighted by Crippen LogP contribution is -2.34. The molecule has 1 atom stereocenters. The van der Waals surface area contributed by atoms with Crippen molar-refractivity contribution in [2.45, 2.75) is 25.3 Å². The van der Waals surface area contributed by atoms with Gasteiger partial charge in [0.1, 0.15) is 0 Å². The predicted octanol–water partition coefficient (Wildman–Crippen LogP) is 2.45. The van der Waals surface area contributed by atoms with Gasteiger partial charge in [-0.15, -0.1) is 0 Å². The van der Waals surface area contributed by atoms with Crippen molar-refractivity contribution in [2.75, 3.05) is 17.8 Å². The lowest BCUT2D eigenvalue weighted by atomic mass is 10.2. The largest absolute Gasteiger partial charge is 0.416 e. The highest BCUT2D eigenvalue weighted by Gasteiger charge is 2.30. The summed E-state index contributed by atoms with van der Waals surface area (Å²) in [6.45, 7) is 4.28. The quantitative estimate of drug-likeness (QED) is 0.848. The van der Waals surface area contributed by atoms with Gasteiger partial charge in [0.05, 0.1) is 10.8 Å². The van der Waals surface area contributed by atoms with Crippen LogP contribution in [0.4, 0.5) is 18.9 Å². The van der Waals surface area contributed by atoms with E-state index < -0.39 is 27.0 Å².